The number of rotatable bonds is 12. The molecule has 0 radical (unpaired) electrons. The molecule has 0 aliphatic carbocycles. The number of aliphatic carboxylic acids is 1. The largest absolute Gasteiger partial charge is 0.480 e. The monoisotopic (exact) mass is 485 g/mol. The van der Waals surface area contributed by atoms with E-state index in [2.05, 4.69) is 49.3 Å². The van der Waals surface area contributed by atoms with Crippen LogP contribution in [0.3, 0.4) is 0 Å². The highest BCUT2D eigenvalue weighted by Gasteiger charge is 2.40. The first-order chi connectivity index (χ1) is 16.8. The number of imidazole rings is 2. The molecule has 35 heavy (non-hydrogen) atoms. The van der Waals surface area contributed by atoms with Gasteiger partial charge in [0.25, 0.3) is 0 Å². The van der Waals surface area contributed by atoms with Crippen LogP contribution >= 0.6 is 0 Å². The van der Waals surface area contributed by atoms with Gasteiger partial charge in [0.05, 0.1) is 13.1 Å². The van der Waals surface area contributed by atoms with Gasteiger partial charge in [0.15, 0.2) is 0 Å². The van der Waals surface area contributed by atoms with E-state index in [1.165, 1.54) is 52.0 Å². The van der Waals surface area contributed by atoms with Gasteiger partial charge < -0.3 is 24.0 Å². The third-order valence-electron chi connectivity index (χ3n) is 7.66. The van der Waals surface area contributed by atoms with Gasteiger partial charge in [-0.3, -0.25) is 9.69 Å². The highest BCUT2D eigenvalue weighted by atomic mass is 16.4. The van der Waals surface area contributed by atoms with Crippen molar-refractivity contribution < 1.29 is 9.90 Å². The zero-order valence-corrected chi connectivity index (χ0v) is 21.8. The van der Waals surface area contributed by atoms with E-state index >= 15 is 0 Å². The van der Waals surface area contributed by atoms with Gasteiger partial charge in [-0.15, -0.1) is 0 Å². The Bertz CT molecular complexity index is 945. The Labute approximate surface area is 209 Å². The molecule has 4 rings (SSSR count). The molecule has 1 spiro atoms. The van der Waals surface area contributed by atoms with Gasteiger partial charge in [0.2, 0.25) is 0 Å². The topological polar surface area (TPSA) is 82.7 Å². The molecule has 0 bridgehead atoms. The van der Waals surface area contributed by atoms with Crippen LogP contribution in [-0.2, 0) is 31.0 Å². The Kier molecular flexibility index (Phi) is 8.62. The quantitative estimate of drug-likeness (QED) is 0.495. The fourth-order valence-corrected chi connectivity index (χ4v) is 5.83. The summed E-state index contributed by atoms with van der Waals surface area (Å²) in [6, 6.07) is 0. The van der Waals surface area contributed by atoms with E-state index in [1.54, 1.807) is 17.0 Å². The number of aromatic nitrogens is 4. The zero-order chi connectivity index (χ0) is 24.8. The fourth-order valence-electron chi connectivity index (χ4n) is 5.83. The summed E-state index contributed by atoms with van der Waals surface area (Å²) < 4.78 is 3.94. The minimum atomic E-state index is -0.858. The van der Waals surface area contributed by atoms with Gasteiger partial charge in [0, 0.05) is 44.4 Å². The van der Waals surface area contributed by atoms with Gasteiger partial charge in [-0.1, -0.05) is 13.8 Å². The molecule has 9 heteroatoms. The molecule has 0 aromatic carbocycles. The highest BCUT2D eigenvalue weighted by molar-refractivity contribution is 5.66. The summed E-state index contributed by atoms with van der Waals surface area (Å²) in [4.78, 5) is 27.5. The lowest BCUT2D eigenvalue weighted by molar-refractivity contribution is -0.137. The second-order valence-electron chi connectivity index (χ2n) is 11.1. The Morgan fingerprint density at radius 1 is 1.00 bits per heavy atom. The second kappa shape index (κ2) is 11.7. The van der Waals surface area contributed by atoms with Crippen LogP contribution in [0, 0.1) is 11.3 Å². The van der Waals surface area contributed by atoms with E-state index in [0.717, 1.165) is 37.1 Å². The van der Waals surface area contributed by atoms with Crippen LogP contribution in [0.1, 0.15) is 51.2 Å². The number of carboxylic acids is 1. The lowest BCUT2D eigenvalue weighted by atomic mass is 9.77. The van der Waals surface area contributed by atoms with Gasteiger partial charge in [-0.05, 0) is 70.2 Å². The van der Waals surface area contributed by atoms with Crippen molar-refractivity contribution in [3.8, 4) is 0 Å². The van der Waals surface area contributed by atoms with E-state index in [4.69, 9.17) is 5.11 Å². The van der Waals surface area contributed by atoms with Crippen molar-refractivity contribution in [2.75, 3.05) is 46.3 Å². The van der Waals surface area contributed by atoms with Crippen LogP contribution < -0.4 is 0 Å². The summed E-state index contributed by atoms with van der Waals surface area (Å²) >= 11 is 0. The van der Waals surface area contributed by atoms with Crippen molar-refractivity contribution in [3.05, 3.63) is 36.4 Å². The molecule has 194 valence electrons. The number of piperidine rings is 1. The highest BCUT2D eigenvalue weighted by Crippen LogP contribution is 2.40. The predicted octanol–water partition coefficient (Wildman–Crippen LogP) is 2.63. The lowest BCUT2D eigenvalue weighted by Gasteiger charge is -2.40. The number of nitrogens with zero attached hydrogens (tertiary/aromatic N) is 7. The Morgan fingerprint density at radius 3 is 2.23 bits per heavy atom. The van der Waals surface area contributed by atoms with Crippen LogP contribution in [0.4, 0.5) is 0 Å². The number of hydrogen-bond acceptors (Lipinski definition) is 6. The summed E-state index contributed by atoms with van der Waals surface area (Å²) in [6.07, 6.45) is 12.5. The van der Waals surface area contributed by atoms with E-state index < -0.39 is 5.97 Å². The van der Waals surface area contributed by atoms with Crippen LogP contribution in [-0.4, -0.2) is 91.2 Å². The summed E-state index contributed by atoms with van der Waals surface area (Å²) in [5, 5.41) is 9.08. The maximum atomic E-state index is 11.1. The summed E-state index contributed by atoms with van der Waals surface area (Å²) in [5.41, 5.74) is 0.558. The molecular formula is C26H43N7O2. The molecule has 0 unspecified atom stereocenters. The van der Waals surface area contributed by atoms with E-state index in [0.29, 0.717) is 18.5 Å². The minimum Gasteiger partial charge on any atom is -0.480 e. The fraction of sp³-hybridized carbons (Fsp3) is 0.731. The third-order valence-corrected chi connectivity index (χ3v) is 7.66. The lowest BCUT2D eigenvalue weighted by Crippen LogP contribution is -2.42. The van der Waals surface area contributed by atoms with Gasteiger partial charge >= 0.3 is 5.97 Å². The van der Waals surface area contributed by atoms with Crippen molar-refractivity contribution in [1.82, 2.24) is 33.8 Å². The molecule has 0 amide bonds. The summed E-state index contributed by atoms with van der Waals surface area (Å²) in [5.74, 6) is 1.70. The summed E-state index contributed by atoms with van der Waals surface area (Å²) in [7, 11) is 2.02. The maximum absolute atomic E-state index is 11.1. The zero-order valence-electron chi connectivity index (χ0n) is 21.8. The normalized spacial score (nSPS) is 18.9. The van der Waals surface area contributed by atoms with Crippen molar-refractivity contribution in [1.29, 1.82) is 0 Å². The Morgan fingerprint density at radius 2 is 1.60 bits per heavy atom. The maximum Gasteiger partial charge on any atom is 0.323 e. The van der Waals surface area contributed by atoms with E-state index in [-0.39, 0.29) is 6.54 Å². The standard InChI is InChI=1S/C26H43N7O2/c1-22(2)17-30-12-5-26(6-13-30)7-14-31(21-26)10-4-11-32-15-8-27-23(32)18-29(3)19-24-28-9-16-33(24)20-25(34)35/h8-9,15-16,22H,4-7,10-14,17-21H2,1-3H3,(H,34,35). The second-order valence-corrected chi connectivity index (χ2v) is 11.1. The smallest absolute Gasteiger partial charge is 0.323 e. The minimum absolute atomic E-state index is 0.0637. The van der Waals surface area contributed by atoms with Crippen molar-refractivity contribution in [2.24, 2.45) is 11.3 Å². The average Bonchev–Trinajstić information content (AvgIpc) is 3.52. The number of aryl methyl sites for hydroxylation is 1. The molecule has 2 aromatic heterocycles. The Hall–Kier alpha value is -2.23. The molecule has 2 fully saturated rings. The first-order valence-corrected chi connectivity index (χ1v) is 13.2. The SMILES string of the molecule is CC(C)CN1CCC2(CC1)CCN(CCCn1ccnc1CN(C)Cc1nccn1CC(=O)O)C2. The predicted molar refractivity (Wildman–Crippen MR) is 136 cm³/mol. The van der Waals surface area contributed by atoms with Gasteiger partial charge in [0.1, 0.15) is 18.2 Å². The van der Waals surface area contributed by atoms with Crippen LogP contribution in [0.5, 0.6) is 0 Å². The van der Waals surface area contributed by atoms with E-state index in [1.807, 2.05) is 13.2 Å². The molecule has 0 atom stereocenters. The van der Waals surface area contributed by atoms with Crippen molar-refractivity contribution >= 4 is 5.97 Å². The van der Waals surface area contributed by atoms with Gasteiger partial charge in [-0.25, -0.2) is 9.97 Å². The van der Waals surface area contributed by atoms with Crippen molar-refractivity contribution in [3.63, 3.8) is 0 Å². The number of hydrogen-bond donors (Lipinski definition) is 1. The number of carbonyl (C=O) groups is 1. The number of likely N-dealkylation sites (tertiary alicyclic amines) is 2. The average molecular weight is 486 g/mol. The van der Waals surface area contributed by atoms with E-state index in [9.17, 15) is 4.79 Å². The molecular weight excluding hydrogens is 442 g/mol. The molecule has 4 heterocycles. The molecule has 2 aromatic rings. The first kappa shape index (κ1) is 25.9. The molecule has 1 N–H and O–H groups in total. The van der Waals surface area contributed by atoms with Gasteiger partial charge in [-0.2, -0.15) is 0 Å². The van der Waals surface area contributed by atoms with Crippen molar-refractivity contribution in [2.45, 2.75) is 65.7 Å². The van der Waals surface area contributed by atoms with Crippen LogP contribution in [0.2, 0.25) is 0 Å². The molecule has 9 nitrogen and oxygen atoms in total. The Balaban J connectivity index is 1.20. The number of carboxylic acid groups (broad SMARTS) is 1. The van der Waals surface area contributed by atoms with Crippen LogP contribution in [0.25, 0.3) is 0 Å². The first-order valence-electron chi connectivity index (χ1n) is 13.2. The third kappa shape index (κ3) is 7.15. The summed E-state index contributed by atoms with van der Waals surface area (Å²) in [6.45, 7) is 14.3. The molecule has 2 aliphatic heterocycles. The molecule has 2 saturated heterocycles. The van der Waals surface area contributed by atoms with Crippen LogP contribution in [0.15, 0.2) is 24.8 Å². The molecule has 2 aliphatic rings. The molecule has 0 saturated carbocycles.